The van der Waals surface area contributed by atoms with E-state index < -0.39 is 0 Å². The van der Waals surface area contributed by atoms with Crippen molar-refractivity contribution >= 4 is 0 Å². The van der Waals surface area contributed by atoms with Crippen LogP contribution in [0.25, 0.3) is 0 Å². The maximum absolute atomic E-state index is 10.1. The summed E-state index contributed by atoms with van der Waals surface area (Å²) in [5, 5.41) is 10.1. The minimum atomic E-state index is -0.148. The molecule has 0 bridgehead atoms. The van der Waals surface area contributed by atoms with Crippen molar-refractivity contribution in [2.75, 3.05) is 0 Å². The molecule has 1 saturated carbocycles. The van der Waals surface area contributed by atoms with E-state index in [0.29, 0.717) is 5.92 Å². The van der Waals surface area contributed by atoms with Gasteiger partial charge in [0.05, 0.1) is 12.4 Å². The van der Waals surface area contributed by atoms with Gasteiger partial charge in [0.1, 0.15) is 5.76 Å². The summed E-state index contributed by atoms with van der Waals surface area (Å²) in [6, 6.07) is 0. The quantitative estimate of drug-likeness (QED) is 0.679. The molecule has 0 amide bonds. The number of fused-ring (bicyclic) bond motifs is 2. The fourth-order valence-electron chi connectivity index (χ4n) is 3.23. The van der Waals surface area contributed by atoms with E-state index in [1.165, 1.54) is 22.3 Å². The second-order valence-corrected chi connectivity index (χ2v) is 5.22. The van der Waals surface area contributed by atoms with Crippen LogP contribution in [0, 0.1) is 12.8 Å². The Labute approximate surface area is 96.0 Å². The molecule has 0 spiro atoms. The first-order valence-corrected chi connectivity index (χ1v) is 6.09. The molecule has 2 atom stereocenters. The number of rotatable bonds is 0. The standard InChI is InChI=1S/C14H18O2/c1-8-5-14-11(9(2)7-16-14)6-12-10(8)3-4-13(12)15/h7,12-13,15H,3-6H2,1-2H3. The van der Waals surface area contributed by atoms with E-state index in [0.717, 1.165) is 31.4 Å². The van der Waals surface area contributed by atoms with Crippen LogP contribution in [0.3, 0.4) is 0 Å². The number of hydrogen-bond acceptors (Lipinski definition) is 2. The molecule has 2 aliphatic carbocycles. The van der Waals surface area contributed by atoms with Crippen LogP contribution in [0.4, 0.5) is 0 Å². The molecule has 1 fully saturated rings. The first-order valence-electron chi connectivity index (χ1n) is 6.09. The Kier molecular flexibility index (Phi) is 2.21. The summed E-state index contributed by atoms with van der Waals surface area (Å²) in [4.78, 5) is 0. The fourth-order valence-corrected chi connectivity index (χ4v) is 3.23. The second kappa shape index (κ2) is 3.49. The average Bonchev–Trinajstić information content (AvgIpc) is 2.72. The van der Waals surface area contributed by atoms with Gasteiger partial charge in [0.2, 0.25) is 0 Å². The fraction of sp³-hybridized carbons (Fsp3) is 0.571. The molecule has 16 heavy (non-hydrogen) atoms. The largest absolute Gasteiger partial charge is 0.468 e. The van der Waals surface area contributed by atoms with Crippen LogP contribution in [0.1, 0.15) is 36.7 Å². The number of aryl methyl sites for hydroxylation is 1. The maximum atomic E-state index is 10.1. The lowest BCUT2D eigenvalue weighted by Crippen LogP contribution is -2.17. The number of allylic oxidation sites excluding steroid dienone is 1. The molecular formula is C14H18O2. The molecule has 2 unspecified atom stereocenters. The van der Waals surface area contributed by atoms with Crippen LogP contribution in [0.2, 0.25) is 0 Å². The van der Waals surface area contributed by atoms with Gasteiger partial charge < -0.3 is 9.52 Å². The lowest BCUT2D eigenvalue weighted by atomic mass is 9.92. The van der Waals surface area contributed by atoms with Crippen LogP contribution < -0.4 is 0 Å². The van der Waals surface area contributed by atoms with E-state index in [9.17, 15) is 5.11 Å². The van der Waals surface area contributed by atoms with Crippen molar-refractivity contribution in [2.45, 2.75) is 45.6 Å². The van der Waals surface area contributed by atoms with Crippen molar-refractivity contribution in [2.24, 2.45) is 5.92 Å². The molecule has 2 aliphatic rings. The molecule has 1 heterocycles. The van der Waals surface area contributed by atoms with E-state index in [1.54, 1.807) is 0 Å². The molecule has 1 aromatic heterocycles. The summed E-state index contributed by atoms with van der Waals surface area (Å²) in [6.07, 6.45) is 5.60. The molecule has 0 saturated heterocycles. The van der Waals surface area contributed by atoms with Gasteiger partial charge in [-0.1, -0.05) is 11.1 Å². The highest BCUT2D eigenvalue weighted by atomic mass is 16.3. The van der Waals surface area contributed by atoms with Crippen molar-refractivity contribution in [3.05, 3.63) is 34.3 Å². The summed E-state index contributed by atoms with van der Waals surface area (Å²) in [5.74, 6) is 1.46. The summed E-state index contributed by atoms with van der Waals surface area (Å²) in [7, 11) is 0. The van der Waals surface area contributed by atoms with E-state index in [2.05, 4.69) is 13.8 Å². The monoisotopic (exact) mass is 218 g/mol. The summed E-state index contributed by atoms with van der Waals surface area (Å²) in [5.41, 5.74) is 5.47. The van der Waals surface area contributed by atoms with Gasteiger partial charge in [-0.25, -0.2) is 0 Å². The van der Waals surface area contributed by atoms with Gasteiger partial charge >= 0.3 is 0 Å². The zero-order valence-electron chi connectivity index (χ0n) is 9.92. The van der Waals surface area contributed by atoms with Gasteiger partial charge in [-0.05, 0) is 44.2 Å². The highest BCUT2D eigenvalue weighted by Gasteiger charge is 2.34. The Balaban J connectivity index is 2.07. The third-order valence-electron chi connectivity index (χ3n) is 4.21. The minimum absolute atomic E-state index is 0.148. The molecule has 3 rings (SSSR count). The van der Waals surface area contributed by atoms with Crippen LogP contribution >= 0.6 is 0 Å². The Morgan fingerprint density at radius 3 is 3.00 bits per heavy atom. The normalized spacial score (nSPS) is 28.9. The first-order chi connectivity index (χ1) is 7.66. The molecule has 0 radical (unpaired) electrons. The number of furan rings is 1. The van der Waals surface area contributed by atoms with Crippen molar-refractivity contribution in [3.63, 3.8) is 0 Å². The summed E-state index contributed by atoms with van der Waals surface area (Å²) in [6.45, 7) is 4.29. The lowest BCUT2D eigenvalue weighted by molar-refractivity contribution is 0.141. The van der Waals surface area contributed by atoms with Crippen LogP contribution in [0.15, 0.2) is 21.8 Å². The molecule has 0 aromatic carbocycles. The zero-order chi connectivity index (χ0) is 11.3. The molecule has 0 aliphatic heterocycles. The highest BCUT2D eigenvalue weighted by Crippen LogP contribution is 2.41. The van der Waals surface area contributed by atoms with Crippen molar-refractivity contribution in [1.29, 1.82) is 0 Å². The van der Waals surface area contributed by atoms with Crippen LogP contribution in [-0.4, -0.2) is 11.2 Å². The summed E-state index contributed by atoms with van der Waals surface area (Å²) >= 11 is 0. The van der Waals surface area contributed by atoms with Gasteiger partial charge in [-0.15, -0.1) is 0 Å². The van der Waals surface area contributed by atoms with Gasteiger partial charge in [-0.2, -0.15) is 0 Å². The van der Waals surface area contributed by atoms with E-state index >= 15 is 0 Å². The van der Waals surface area contributed by atoms with Gasteiger partial charge in [0.25, 0.3) is 0 Å². The molecular weight excluding hydrogens is 200 g/mol. The Hall–Kier alpha value is -1.02. The third kappa shape index (κ3) is 1.36. The van der Waals surface area contributed by atoms with Gasteiger partial charge in [-0.3, -0.25) is 0 Å². The Morgan fingerprint density at radius 1 is 1.38 bits per heavy atom. The van der Waals surface area contributed by atoms with Crippen LogP contribution in [-0.2, 0) is 12.8 Å². The molecule has 86 valence electrons. The number of hydrogen-bond donors (Lipinski definition) is 1. The molecule has 2 heteroatoms. The first kappa shape index (κ1) is 10.2. The Bertz CT molecular complexity index is 453. The predicted octanol–water partition coefficient (Wildman–Crippen LogP) is 2.77. The Morgan fingerprint density at radius 2 is 2.19 bits per heavy atom. The number of aliphatic hydroxyl groups is 1. The average molecular weight is 218 g/mol. The van der Waals surface area contributed by atoms with Gasteiger partial charge in [0.15, 0.2) is 0 Å². The summed E-state index contributed by atoms with van der Waals surface area (Å²) < 4.78 is 5.62. The zero-order valence-corrected chi connectivity index (χ0v) is 9.92. The maximum Gasteiger partial charge on any atom is 0.111 e. The lowest BCUT2D eigenvalue weighted by Gasteiger charge is -2.15. The van der Waals surface area contributed by atoms with Crippen molar-refractivity contribution < 1.29 is 9.52 Å². The smallest absolute Gasteiger partial charge is 0.111 e. The van der Waals surface area contributed by atoms with Crippen LogP contribution in [0.5, 0.6) is 0 Å². The highest BCUT2D eigenvalue weighted by molar-refractivity contribution is 5.37. The van der Waals surface area contributed by atoms with E-state index in [-0.39, 0.29) is 6.10 Å². The predicted molar refractivity (Wildman–Crippen MR) is 62.3 cm³/mol. The topological polar surface area (TPSA) is 33.4 Å². The molecule has 2 nitrogen and oxygen atoms in total. The van der Waals surface area contributed by atoms with E-state index in [1.807, 2.05) is 6.26 Å². The van der Waals surface area contributed by atoms with Gasteiger partial charge in [0, 0.05) is 12.3 Å². The number of aliphatic hydroxyl groups excluding tert-OH is 1. The SMILES string of the molecule is CC1=C2CCC(O)C2Cc2c(C)coc2C1. The van der Waals surface area contributed by atoms with Crippen molar-refractivity contribution in [1.82, 2.24) is 0 Å². The van der Waals surface area contributed by atoms with Crippen molar-refractivity contribution in [3.8, 4) is 0 Å². The second-order valence-electron chi connectivity index (χ2n) is 5.22. The molecule has 1 aromatic rings. The third-order valence-corrected chi connectivity index (χ3v) is 4.21. The minimum Gasteiger partial charge on any atom is -0.468 e. The molecule has 1 N–H and O–H groups in total. The van der Waals surface area contributed by atoms with E-state index in [4.69, 9.17) is 4.42 Å².